The molecule has 2 aromatic carbocycles. The van der Waals surface area contributed by atoms with Crippen LogP contribution in [-0.2, 0) is 4.79 Å². The highest BCUT2D eigenvalue weighted by atomic mass is 35.5. The Kier molecular flexibility index (Phi) is 4.82. The topological polar surface area (TPSA) is 69.1 Å². The number of Topliss-reactive ketones (excluding diaryl/α,β-unsaturated/α-hetero) is 1. The van der Waals surface area contributed by atoms with E-state index in [1.54, 1.807) is 12.1 Å². The molecule has 0 aromatic heterocycles. The third-order valence-electron chi connectivity index (χ3n) is 6.33. The van der Waals surface area contributed by atoms with Crippen LogP contribution in [0.5, 0.6) is 0 Å². The summed E-state index contributed by atoms with van der Waals surface area (Å²) in [7, 11) is 0. The second-order valence-electron chi connectivity index (χ2n) is 9.11. The molecule has 4 rings (SSSR count). The molecule has 4 nitrogen and oxygen atoms in total. The van der Waals surface area contributed by atoms with Crippen LogP contribution in [0.2, 0.25) is 5.02 Å². The van der Waals surface area contributed by atoms with E-state index < -0.39 is 28.8 Å². The number of benzene rings is 2. The summed E-state index contributed by atoms with van der Waals surface area (Å²) in [5.41, 5.74) is 0.627. The van der Waals surface area contributed by atoms with Gasteiger partial charge in [0.05, 0.1) is 24.3 Å². The highest BCUT2D eigenvalue weighted by molar-refractivity contribution is 6.30. The number of halogens is 1. The van der Waals surface area contributed by atoms with Crippen LogP contribution in [0.1, 0.15) is 49.4 Å². The van der Waals surface area contributed by atoms with Gasteiger partial charge in [0.25, 0.3) is 0 Å². The summed E-state index contributed by atoms with van der Waals surface area (Å²) >= 11 is 6.28. The number of carbonyl (C=O) groups excluding carboxylic acids is 1. The van der Waals surface area contributed by atoms with Gasteiger partial charge in [-0.05, 0) is 29.3 Å². The van der Waals surface area contributed by atoms with E-state index in [0.29, 0.717) is 5.02 Å². The first-order valence-electron chi connectivity index (χ1n) is 10.0. The third kappa shape index (κ3) is 2.88. The Morgan fingerprint density at radius 1 is 1.10 bits per heavy atom. The molecule has 4 atom stereocenters. The number of quaternary nitrogens is 1. The van der Waals surface area contributed by atoms with Crippen LogP contribution in [0.4, 0.5) is 0 Å². The minimum atomic E-state index is -1.41. The van der Waals surface area contributed by atoms with E-state index in [4.69, 9.17) is 11.6 Å². The molecular weight excluding hydrogens is 394 g/mol. The highest BCUT2D eigenvalue weighted by Crippen LogP contribution is 2.52. The second-order valence-corrected chi connectivity index (χ2v) is 9.55. The summed E-state index contributed by atoms with van der Waals surface area (Å²) in [6.07, 6.45) is 3.94. The maximum absolute atomic E-state index is 13.7. The van der Waals surface area contributed by atoms with Gasteiger partial charge < -0.3 is 0 Å². The number of ketones is 1. The first-order chi connectivity index (χ1) is 14.2. The molecule has 5 heteroatoms. The lowest BCUT2D eigenvalue weighted by molar-refractivity contribution is -0.885. The summed E-state index contributed by atoms with van der Waals surface area (Å²) in [5.74, 6) is -0.572. The molecule has 0 spiro atoms. The van der Waals surface area contributed by atoms with Crippen LogP contribution in [0, 0.1) is 33.5 Å². The van der Waals surface area contributed by atoms with E-state index in [0.717, 1.165) is 21.6 Å². The molecule has 1 unspecified atom stereocenters. The van der Waals surface area contributed by atoms with Crippen molar-refractivity contribution in [1.29, 1.82) is 10.5 Å². The maximum Gasteiger partial charge on any atom is 0.212 e. The lowest BCUT2D eigenvalue weighted by atomic mass is 9.66. The van der Waals surface area contributed by atoms with Gasteiger partial charge in [0.15, 0.2) is 17.9 Å². The van der Waals surface area contributed by atoms with Crippen LogP contribution in [0.15, 0.2) is 54.7 Å². The fraction of sp³-hybridized carbons (Fsp3) is 0.320. The summed E-state index contributed by atoms with van der Waals surface area (Å²) in [6.45, 7) is 5.66. The van der Waals surface area contributed by atoms with Gasteiger partial charge >= 0.3 is 0 Å². The van der Waals surface area contributed by atoms with Crippen molar-refractivity contribution in [2.75, 3.05) is 0 Å². The molecule has 0 aliphatic carbocycles. The molecule has 0 amide bonds. The van der Waals surface area contributed by atoms with Crippen molar-refractivity contribution >= 4 is 23.5 Å². The molecule has 2 aliphatic rings. The van der Waals surface area contributed by atoms with E-state index in [1.807, 2.05) is 69.4 Å². The van der Waals surface area contributed by atoms with E-state index >= 15 is 0 Å². The van der Waals surface area contributed by atoms with Gasteiger partial charge in [-0.15, -0.1) is 0 Å². The number of rotatable bonds is 2. The van der Waals surface area contributed by atoms with Crippen molar-refractivity contribution in [3.8, 4) is 12.1 Å². The van der Waals surface area contributed by atoms with Crippen molar-refractivity contribution < 1.29 is 9.69 Å². The number of hydrogen-bond acceptors (Lipinski definition) is 3. The SMILES string of the molecule is CC(C)(C)C(=O)[C@H]1[C@@H](c2cccc(Cl)c2)C(C#N)(C#N)[C@H]2c3ccccc3C=C[NH+]12. The number of nitrogens with one attached hydrogen (secondary N) is 1. The van der Waals surface area contributed by atoms with Crippen molar-refractivity contribution in [2.24, 2.45) is 10.8 Å². The molecule has 1 saturated heterocycles. The van der Waals surface area contributed by atoms with Gasteiger partial charge in [0, 0.05) is 16.0 Å². The Morgan fingerprint density at radius 3 is 2.43 bits per heavy atom. The first-order valence-corrected chi connectivity index (χ1v) is 10.4. The minimum absolute atomic E-state index is 0.0314. The predicted molar refractivity (Wildman–Crippen MR) is 115 cm³/mol. The lowest BCUT2D eigenvalue weighted by Gasteiger charge is -2.31. The van der Waals surface area contributed by atoms with Gasteiger partial charge in [0.2, 0.25) is 5.41 Å². The van der Waals surface area contributed by atoms with Gasteiger partial charge in [-0.3, -0.25) is 9.69 Å². The minimum Gasteiger partial charge on any atom is -0.292 e. The van der Waals surface area contributed by atoms with E-state index in [9.17, 15) is 15.3 Å². The molecule has 2 heterocycles. The number of nitriles is 2. The zero-order valence-corrected chi connectivity index (χ0v) is 17.9. The molecule has 1 N–H and O–H groups in total. The Bertz CT molecular complexity index is 1120. The fourth-order valence-corrected chi connectivity index (χ4v) is 5.23. The van der Waals surface area contributed by atoms with E-state index in [-0.39, 0.29) is 5.78 Å². The molecule has 2 aromatic rings. The van der Waals surface area contributed by atoms with Gasteiger partial charge in [-0.2, -0.15) is 10.5 Å². The first kappa shape index (κ1) is 20.4. The zero-order chi connectivity index (χ0) is 21.7. The summed E-state index contributed by atoms with van der Waals surface area (Å²) in [4.78, 5) is 14.6. The molecule has 0 radical (unpaired) electrons. The van der Waals surface area contributed by atoms with Crippen LogP contribution in [0.25, 0.3) is 6.08 Å². The standard InChI is InChI=1S/C25H22ClN3O/c1-24(2,3)23(30)21-20(17-8-6-9-18(26)13-17)25(14-27,15-28)22-19-10-5-4-7-16(19)11-12-29(21)22/h4-13,20-22H,1-3H3/p+1/t20-,21-,22-/m1/s1. The molecule has 0 bridgehead atoms. The summed E-state index contributed by atoms with van der Waals surface area (Å²) in [6, 6.07) is 18.7. The normalized spacial score (nSPS) is 26.2. The predicted octanol–water partition coefficient (Wildman–Crippen LogP) is 4.07. The largest absolute Gasteiger partial charge is 0.292 e. The van der Waals surface area contributed by atoms with Crippen molar-refractivity contribution in [2.45, 2.75) is 38.8 Å². The highest BCUT2D eigenvalue weighted by Gasteiger charge is 2.68. The van der Waals surface area contributed by atoms with Crippen molar-refractivity contribution in [1.82, 2.24) is 0 Å². The van der Waals surface area contributed by atoms with Gasteiger partial charge in [-0.1, -0.05) is 68.8 Å². The van der Waals surface area contributed by atoms with Crippen LogP contribution in [0.3, 0.4) is 0 Å². The quantitative estimate of drug-likeness (QED) is 0.802. The zero-order valence-electron chi connectivity index (χ0n) is 17.2. The summed E-state index contributed by atoms with van der Waals surface area (Å²) in [5, 5.41) is 21.4. The molecular formula is C25H23ClN3O+. The van der Waals surface area contributed by atoms with E-state index in [1.165, 1.54) is 0 Å². The lowest BCUT2D eigenvalue weighted by Crippen LogP contribution is -3.12. The Balaban J connectivity index is 2.03. The monoisotopic (exact) mass is 416 g/mol. The number of hydrogen-bond donors (Lipinski definition) is 1. The average molecular weight is 417 g/mol. The van der Waals surface area contributed by atoms with Gasteiger partial charge in [0.1, 0.15) is 0 Å². The molecule has 150 valence electrons. The number of carbonyl (C=O) groups is 1. The fourth-order valence-electron chi connectivity index (χ4n) is 5.03. The van der Waals surface area contributed by atoms with E-state index in [2.05, 4.69) is 12.1 Å². The number of fused-ring (bicyclic) bond motifs is 3. The molecule has 1 fully saturated rings. The Labute approximate surface area is 182 Å². The average Bonchev–Trinajstić information content (AvgIpc) is 3.03. The van der Waals surface area contributed by atoms with Crippen molar-refractivity contribution in [3.63, 3.8) is 0 Å². The second kappa shape index (κ2) is 7.10. The maximum atomic E-state index is 13.7. The van der Waals surface area contributed by atoms with Crippen LogP contribution in [-0.4, -0.2) is 11.8 Å². The molecule has 0 saturated carbocycles. The van der Waals surface area contributed by atoms with Crippen LogP contribution >= 0.6 is 11.6 Å². The smallest absolute Gasteiger partial charge is 0.212 e. The van der Waals surface area contributed by atoms with Crippen LogP contribution < -0.4 is 4.90 Å². The number of nitrogens with zero attached hydrogens (tertiary/aromatic N) is 2. The van der Waals surface area contributed by atoms with Gasteiger partial charge in [-0.25, -0.2) is 0 Å². The molecule has 30 heavy (non-hydrogen) atoms. The summed E-state index contributed by atoms with van der Waals surface area (Å²) < 4.78 is 0. The third-order valence-corrected chi connectivity index (χ3v) is 6.57. The Hall–Kier alpha value is -2.92. The van der Waals surface area contributed by atoms with Crippen molar-refractivity contribution in [3.05, 3.63) is 76.4 Å². The Morgan fingerprint density at radius 2 is 1.80 bits per heavy atom. The molecule has 2 aliphatic heterocycles.